The van der Waals surface area contributed by atoms with Gasteiger partial charge in [0.25, 0.3) is 5.91 Å². The van der Waals surface area contributed by atoms with E-state index in [0.717, 1.165) is 35.9 Å². The third-order valence-corrected chi connectivity index (χ3v) is 5.98. The van der Waals surface area contributed by atoms with Crippen molar-refractivity contribution in [3.05, 3.63) is 48.5 Å². The molecule has 30 heavy (non-hydrogen) atoms. The van der Waals surface area contributed by atoms with Crippen molar-refractivity contribution in [3.8, 4) is 5.75 Å². The van der Waals surface area contributed by atoms with Crippen LogP contribution in [-0.4, -0.2) is 49.5 Å². The van der Waals surface area contributed by atoms with Gasteiger partial charge < -0.3 is 19.3 Å². The Bertz CT molecular complexity index is 922. The van der Waals surface area contributed by atoms with Crippen LogP contribution in [-0.2, 0) is 9.53 Å². The van der Waals surface area contributed by atoms with E-state index >= 15 is 0 Å². The van der Waals surface area contributed by atoms with Crippen LogP contribution < -0.4 is 19.4 Å². The lowest BCUT2D eigenvalue weighted by molar-refractivity contribution is -0.117. The molecule has 0 N–H and O–H groups in total. The number of carbonyl (C=O) groups is 1. The topological polar surface area (TPSA) is 45.2 Å². The maximum Gasteiger partial charge on any atom is 0.256 e. The lowest BCUT2D eigenvalue weighted by Gasteiger charge is -2.37. The normalized spacial score (nSPS) is 24.5. The fraction of sp³-hybridized carbons (Fsp3) is 0.391. The van der Waals surface area contributed by atoms with Gasteiger partial charge in [-0.25, -0.2) is 0 Å². The maximum atomic E-state index is 13.0. The van der Waals surface area contributed by atoms with Crippen LogP contribution in [0.4, 0.5) is 17.1 Å². The summed E-state index contributed by atoms with van der Waals surface area (Å²) in [4.78, 5) is 18.8. The van der Waals surface area contributed by atoms with E-state index in [0.29, 0.717) is 5.11 Å². The Labute approximate surface area is 183 Å². The number of hydrogen-bond donors (Lipinski definition) is 0. The highest BCUT2D eigenvalue weighted by molar-refractivity contribution is 7.81. The Balaban J connectivity index is 1.56. The summed E-state index contributed by atoms with van der Waals surface area (Å²) in [5.41, 5.74) is 2.81. The first-order chi connectivity index (χ1) is 14.4. The molecule has 2 fully saturated rings. The third kappa shape index (κ3) is 3.75. The second-order valence-electron chi connectivity index (χ2n) is 7.88. The molecule has 1 unspecified atom stereocenters. The largest absolute Gasteiger partial charge is 0.497 e. The summed E-state index contributed by atoms with van der Waals surface area (Å²) in [6.45, 7) is 7.82. The molecule has 2 aliphatic rings. The molecule has 6 nitrogen and oxygen atoms in total. The number of rotatable bonds is 4. The summed E-state index contributed by atoms with van der Waals surface area (Å²) in [5, 5.41) is 0.485. The van der Waals surface area contributed by atoms with Gasteiger partial charge in [0.1, 0.15) is 11.8 Å². The van der Waals surface area contributed by atoms with E-state index in [2.05, 4.69) is 30.9 Å². The van der Waals surface area contributed by atoms with Crippen molar-refractivity contribution in [1.29, 1.82) is 0 Å². The number of hydrogen-bond acceptors (Lipinski definition) is 5. The lowest BCUT2D eigenvalue weighted by atomic mass is 10.1. The van der Waals surface area contributed by atoms with Gasteiger partial charge in [-0.2, -0.15) is 0 Å². The van der Waals surface area contributed by atoms with Gasteiger partial charge in [-0.1, -0.05) is 0 Å². The molecule has 0 aliphatic carbocycles. The number of methoxy groups -OCH3 is 1. The van der Waals surface area contributed by atoms with Crippen LogP contribution in [0.1, 0.15) is 20.8 Å². The van der Waals surface area contributed by atoms with E-state index in [9.17, 15) is 4.79 Å². The van der Waals surface area contributed by atoms with Gasteiger partial charge in [0.15, 0.2) is 5.11 Å². The zero-order chi connectivity index (χ0) is 21.4. The summed E-state index contributed by atoms with van der Waals surface area (Å²) in [5.74, 6) is 0.702. The highest BCUT2D eigenvalue weighted by Gasteiger charge is 2.41. The SMILES string of the molecule is COc1ccc(N2C(=O)C(C)N(c3ccc(N4C[C@@H](C)O[C@@H](C)C4)cc3)C2=S)cc1. The van der Waals surface area contributed by atoms with E-state index in [1.54, 1.807) is 12.0 Å². The molecule has 7 heteroatoms. The molecule has 0 bridgehead atoms. The minimum Gasteiger partial charge on any atom is -0.497 e. The number of nitrogens with zero attached hydrogens (tertiary/aromatic N) is 3. The summed E-state index contributed by atoms with van der Waals surface area (Å²) >= 11 is 5.70. The molecule has 4 rings (SSSR count). The number of thiocarbonyl (C=S) groups is 1. The molecule has 2 saturated heterocycles. The van der Waals surface area contributed by atoms with Crippen LogP contribution in [0.25, 0.3) is 0 Å². The summed E-state index contributed by atoms with van der Waals surface area (Å²) in [6, 6.07) is 15.3. The van der Waals surface area contributed by atoms with Crippen LogP contribution >= 0.6 is 12.2 Å². The Hall–Kier alpha value is -2.64. The maximum absolute atomic E-state index is 13.0. The first-order valence-corrected chi connectivity index (χ1v) is 10.6. The number of anilines is 3. The standard InChI is InChI=1S/C23H27N3O3S/c1-15-13-24(14-16(2)29-15)18-5-7-19(8-6-18)25-17(3)22(27)26(23(25)30)20-9-11-21(28-4)12-10-20/h5-12,15-17H,13-14H2,1-4H3/t15-,16+,17?. The molecule has 2 aromatic carbocycles. The number of amides is 1. The third-order valence-electron chi connectivity index (χ3n) is 5.61. The average molecular weight is 426 g/mol. The lowest BCUT2D eigenvalue weighted by Crippen LogP contribution is -2.45. The average Bonchev–Trinajstić information content (AvgIpc) is 2.96. The molecule has 1 amide bonds. The van der Waals surface area contributed by atoms with Crippen molar-refractivity contribution in [2.24, 2.45) is 0 Å². The molecule has 0 aromatic heterocycles. The molecule has 158 valence electrons. The molecular weight excluding hydrogens is 398 g/mol. The van der Waals surface area contributed by atoms with Crippen LogP contribution in [0.2, 0.25) is 0 Å². The van der Waals surface area contributed by atoms with Gasteiger partial charge in [0.05, 0.1) is 25.0 Å². The highest BCUT2D eigenvalue weighted by atomic mass is 32.1. The van der Waals surface area contributed by atoms with Gasteiger partial charge in [-0.15, -0.1) is 0 Å². The molecule has 3 atom stereocenters. The highest BCUT2D eigenvalue weighted by Crippen LogP contribution is 2.32. The van der Waals surface area contributed by atoms with Crippen molar-refractivity contribution in [2.45, 2.75) is 39.0 Å². The van der Waals surface area contributed by atoms with E-state index in [1.807, 2.05) is 48.2 Å². The number of carbonyl (C=O) groups excluding carboxylic acids is 1. The molecule has 0 spiro atoms. The fourth-order valence-electron chi connectivity index (χ4n) is 4.18. The molecular formula is C23H27N3O3S. The molecule has 0 radical (unpaired) electrons. The van der Waals surface area contributed by atoms with Gasteiger partial charge in [0, 0.05) is 24.5 Å². The van der Waals surface area contributed by atoms with Crippen molar-refractivity contribution in [2.75, 3.05) is 34.9 Å². The van der Waals surface area contributed by atoms with Gasteiger partial charge >= 0.3 is 0 Å². The minimum absolute atomic E-state index is 0.0370. The second kappa shape index (κ2) is 8.24. The molecule has 0 saturated carbocycles. The van der Waals surface area contributed by atoms with Crippen LogP contribution in [0.3, 0.4) is 0 Å². The molecule has 2 aromatic rings. The van der Waals surface area contributed by atoms with Crippen LogP contribution in [0, 0.1) is 0 Å². The summed E-state index contributed by atoms with van der Waals surface area (Å²) in [7, 11) is 1.62. The van der Waals surface area contributed by atoms with E-state index in [-0.39, 0.29) is 24.2 Å². The van der Waals surface area contributed by atoms with Crippen LogP contribution in [0.5, 0.6) is 5.75 Å². The Morgan fingerprint density at radius 1 is 0.900 bits per heavy atom. The zero-order valence-electron chi connectivity index (χ0n) is 17.7. The number of morpholine rings is 1. The first-order valence-electron chi connectivity index (χ1n) is 10.2. The van der Waals surface area contributed by atoms with Crippen molar-refractivity contribution in [1.82, 2.24) is 0 Å². The molecule has 2 heterocycles. The quantitative estimate of drug-likeness (QED) is 0.694. The predicted octanol–water partition coefficient (Wildman–Crippen LogP) is 3.84. The Kier molecular flexibility index (Phi) is 5.66. The van der Waals surface area contributed by atoms with E-state index in [1.165, 1.54) is 0 Å². The van der Waals surface area contributed by atoms with E-state index in [4.69, 9.17) is 21.7 Å². The monoisotopic (exact) mass is 425 g/mol. The van der Waals surface area contributed by atoms with Gasteiger partial charge in [-0.05, 0) is 81.5 Å². The zero-order valence-corrected chi connectivity index (χ0v) is 18.6. The Morgan fingerprint density at radius 2 is 1.43 bits per heavy atom. The van der Waals surface area contributed by atoms with Crippen molar-refractivity contribution < 1.29 is 14.3 Å². The second-order valence-corrected chi connectivity index (χ2v) is 8.24. The fourth-order valence-corrected chi connectivity index (χ4v) is 4.64. The predicted molar refractivity (Wildman–Crippen MR) is 124 cm³/mol. The Morgan fingerprint density at radius 3 is 2.00 bits per heavy atom. The van der Waals surface area contributed by atoms with Gasteiger partial charge in [0.2, 0.25) is 0 Å². The first kappa shape index (κ1) is 20.6. The van der Waals surface area contributed by atoms with Gasteiger partial charge in [-0.3, -0.25) is 9.69 Å². The summed E-state index contributed by atoms with van der Waals surface area (Å²) in [6.07, 6.45) is 0.408. The van der Waals surface area contributed by atoms with Crippen LogP contribution in [0.15, 0.2) is 48.5 Å². The smallest absolute Gasteiger partial charge is 0.256 e. The number of ether oxygens (including phenoxy) is 2. The summed E-state index contributed by atoms with van der Waals surface area (Å²) < 4.78 is 11.0. The number of benzene rings is 2. The van der Waals surface area contributed by atoms with Crippen molar-refractivity contribution >= 4 is 40.3 Å². The minimum atomic E-state index is -0.367. The van der Waals surface area contributed by atoms with Crippen molar-refractivity contribution in [3.63, 3.8) is 0 Å². The van der Waals surface area contributed by atoms with E-state index < -0.39 is 0 Å². The molecule has 2 aliphatic heterocycles.